The average molecular weight is 321 g/mol. The van der Waals surface area contributed by atoms with Gasteiger partial charge in [0.05, 0.1) is 22.6 Å². The SMILES string of the molecule is COC(=O)c1ccc(S(C)(=O)=O)c(SC2CC2)c1Cl. The van der Waals surface area contributed by atoms with Gasteiger partial charge in [-0.2, -0.15) is 0 Å². The van der Waals surface area contributed by atoms with Gasteiger partial charge in [-0.25, -0.2) is 13.2 Å². The second kappa shape index (κ2) is 5.34. The summed E-state index contributed by atoms with van der Waals surface area (Å²) in [5, 5.41) is 0.539. The lowest BCUT2D eigenvalue weighted by atomic mass is 10.2. The van der Waals surface area contributed by atoms with Crippen LogP contribution in [-0.2, 0) is 14.6 Å². The molecule has 7 heteroatoms. The van der Waals surface area contributed by atoms with Crippen molar-refractivity contribution in [1.29, 1.82) is 0 Å². The highest BCUT2D eigenvalue weighted by atomic mass is 35.5. The molecule has 0 heterocycles. The van der Waals surface area contributed by atoms with Gasteiger partial charge in [-0.3, -0.25) is 0 Å². The Hall–Kier alpha value is -0.720. The molecule has 0 spiro atoms. The summed E-state index contributed by atoms with van der Waals surface area (Å²) in [6, 6.07) is 2.81. The number of hydrogen-bond donors (Lipinski definition) is 0. The number of carbonyl (C=O) groups is 1. The van der Waals surface area contributed by atoms with Crippen LogP contribution in [-0.4, -0.2) is 33.0 Å². The molecule has 1 fully saturated rings. The van der Waals surface area contributed by atoms with E-state index in [0.717, 1.165) is 19.1 Å². The number of ether oxygens (including phenoxy) is 1. The maximum atomic E-state index is 11.8. The number of carbonyl (C=O) groups excluding carboxylic acids is 1. The van der Waals surface area contributed by atoms with E-state index < -0.39 is 15.8 Å². The molecule has 19 heavy (non-hydrogen) atoms. The molecule has 0 bridgehead atoms. The molecular weight excluding hydrogens is 308 g/mol. The monoisotopic (exact) mass is 320 g/mol. The van der Waals surface area contributed by atoms with Gasteiger partial charge < -0.3 is 4.74 Å². The van der Waals surface area contributed by atoms with Gasteiger partial charge in [-0.15, -0.1) is 11.8 Å². The standard InChI is InChI=1S/C12H13ClO4S2/c1-17-12(14)8-5-6-9(19(2,15)16)11(10(8)13)18-7-3-4-7/h5-7H,3-4H2,1-2H3. The topological polar surface area (TPSA) is 60.4 Å². The molecule has 1 aliphatic carbocycles. The highest BCUT2D eigenvalue weighted by Gasteiger charge is 2.29. The first-order valence-electron chi connectivity index (χ1n) is 5.62. The molecule has 4 nitrogen and oxygen atoms in total. The smallest absolute Gasteiger partial charge is 0.339 e. The zero-order valence-electron chi connectivity index (χ0n) is 10.5. The molecule has 104 valence electrons. The molecule has 0 amide bonds. The van der Waals surface area contributed by atoms with Crippen LogP contribution in [0.5, 0.6) is 0 Å². The fourth-order valence-electron chi connectivity index (χ4n) is 1.56. The third-order valence-corrected chi connectivity index (χ3v) is 5.91. The second-order valence-electron chi connectivity index (χ2n) is 4.34. The first-order valence-corrected chi connectivity index (χ1v) is 8.77. The first kappa shape index (κ1) is 14.7. The fraction of sp³-hybridized carbons (Fsp3) is 0.417. The Kier molecular flexibility index (Phi) is 4.13. The van der Waals surface area contributed by atoms with Crippen molar-refractivity contribution >= 4 is 39.2 Å². The van der Waals surface area contributed by atoms with E-state index in [1.807, 2.05) is 0 Å². The lowest BCUT2D eigenvalue weighted by Gasteiger charge is -2.12. The van der Waals surface area contributed by atoms with Crippen molar-refractivity contribution in [3.63, 3.8) is 0 Å². The molecule has 1 aromatic carbocycles. The quantitative estimate of drug-likeness (QED) is 0.798. The van der Waals surface area contributed by atoms with Gasteiger partial charge >= 0.3 is 5.97 Å². The number of hydrogen-bond acceptors (Lipinski definition) is 5. The number of rotatable bonds is 4. The number of benzene rings is 1. The summed E-state index contributed by atoms with van der Waals surface area (Å²) < 4.78 is 28.2. The maximum Gasteiger partial charge on any atom is 0.339 e. The van der Waals surface area contributed by atoms with Crippen molar-refractivity contribution in [3.05, 3.63) is 22.7 Å². The Bertz CT molecular complexity index is 621. The number of halogens is 1. The lowest BCUT2D eigenvalue weighted by Crippen LogP contribution is -2.07. The third-order valence-electron chi connectivity index (χ3n) is 2.67. The number of thioether (sulfide) groups is 1. The van der Waals surface area contributed by atoms with Gasteiger partial charge in [0, 0.05) is 16.4 Å². The van der Waals surface area contributed by atoms with Gasteiger partial charge in [-0.05, 0) is 25.0 Å². The zero-order valence-corrected chi connectivity index (χ0v) is 12.9. The molecule has 0 aliphatic heterocycles. The minimum Gasteiger partial charge on any atom is -0.465 e. The summed E-state index contributed by atoms with van der Waals surface area (Å²) in [4.78, 5) is 12.2. The van der Waals surface area contributed by atoms with Gasteiger partial charge in [0.25, 0.3) is 0 Å². The predicted molar refractivity (Wildman–Crippen MR) is 74.8 cm³/mol. The Balaban J connectivity index is 2.57. The van der Waals surface area contributed by atoms with Crippen molar-refractivity contribution in [1.82, 2.24) is 0 Å². The summed E-state index contributed by atoms with van der Waals surface area (Å²) in [5.41, 5.74) is 0.194. The van der Waals surface area contributed by atoms with Gasteiger partial charge in [0.1, 0.15) is 0 Å². The van der Waals surface area contributed by atoms with Crippen LogP contribution in [0, 0.1) is 0 Å². The van der Waals surface area contributed by atoms with Crippen molar-refractivity contribution in [2.75, 3.05) is 13.4 Å². The van der Waals surface area contributed by atoms with E-state index in [2.05, 4.69) is 4.74 Å². The molecular formula is C12H13ClO4S2. The molecule has 1 aromatic rings. The third kappa shape index (κ3) is 3.24. The Morgan fingerprint density at radius 3 is 2.53 bits per heavy atom. The van der Waals surface area contributed by atoms with Crippen LogP contribution in [0.2, 0.25) is 5.02 Å². The van der Waals surface area contributed by atoms with E-state index in [1.165, 1.54) is 31.0 Å². The van der Waals surface area contributed by atoms with Crippen LogP contribution in [0.4, 0.5) is 0 Å². The van der Waals surface area contributed by atoms with Crippen LogP contribution in [0.1, 0.15) is 23.2 Å². The minimum absolute atomic E-state index is 0.159. The summed E-state index contributed by atoms with van der Waals surface area (Å²) in [6.45, 7) is 0. The maximum absolute atomic E-state index is 11.8. The molecule has 1 saturated carbocycles. The molecule has 0 aromatic heterocycles. The van der Waals surface area contributed by atoms with Gasteiger partial charge in [0.15, 0.2) is 9.84 Å². The molecule has 0 N–H and O–H groups in total. The minimum atomic E-state index is -3.38. The first-order chi connectivity index (χ1) is 8.84. The van der Waals surface area contributed by atoms with E-state index >= 15 is 0 Å². The Morgan fingerprint density at radius 2 is 2.05 bits per heavy atom. The van der Waals surface area contributed by atoms with Crippen molar-refractivity contribution in [2.45, 2.75) is 27.9 Å². The van der Waals surface area contributed by atoms with Crippen LogP contribution in [0.25, 0.3) is 0 Å². The fourth-order valence-corrected chi connectivity index (χ4v) is 4.45. The van der Waals surface area contributed by atoms with E-state index in [9.17, 15) is 13.2 Å². The molecule has 0 radical (unpaired) electrons. The largest absolute Gasteiger partial charge is 0.465 e. The lowest BCUT2D eigenvalue weighted by molar-refractivity contribution is 0.0600. The van der Waals surface area contributed by atoms with E-state index in [1.54, 1.807) is 0 Å². The van der Waals surface area contributed by atoms with E-state index in [4.69, 9.17) is 11.6 Å². The molecule has 1 aliphatic rings. The van der Waals surface area contributed by atoms with Crippen molar-refractivity contribution in [2.24, 2.45) is 0 Å². The van der Waals surface area contributed by atoms with Crippen LogP contribution in [0.3, 0.4) is 0 Å². The number of sulfone groups is 1. The van der Waals surface area contributed by atoms with Crippen molar-refractivity contribution in [3.8, 4) is 0 Å². The molecule has 2 rings (SSSR count). The number of methoxy groups -OCH3 is 1. The van der Waals surface area contributed by atoms with Crippen LogP contribution in [0.15, 0.2) is 21.9 Å². The highest BCUT2D eigenvalue weighted by molar-refractivity contribution is 8.01. The summed E-state index contributed by atoms with van der Waals surface area (Å²) >= 11 is 7.59. The van der Waals surface area contributed by atoms with Gasteiger partial charge in [-0.1, -0.05) is 11.6 Å². The zero-order chi connectivity index (χ0) is 14.2. The Labute approximate surface area is 121 Å². The van der Waals surface area contributed by atoms with Gasteiger partial charge in [0.2, 0.25) is 0 Å². The second-order valence-corrected chi connectivity index (χ2v) is 8.01. The molecule has 0 atom stereocenters. The normalized spacial score (nSPS) is 15.3. The average Bonchev–Trinajstić information content (AvgIpc) is 3.13. The number of esters is 1. The summed E-state index contributed by atoms with van der Waals surface area (Å²) in [7, 11) is -2.12. The van der Waals surface area contributed by atoms with E-state index in [0.29, 0.717) is 10.1 Å². The molecule has 0 saturated heterocycles. The predicted octanol–water partition coefficient (Wildman–Crippen LogP) is 2.78. The van der Waals surface area contributed by atoms with Crippen LogP contribution >= 0.6 is 23.4 Å². The summed E-state index contributed by atoms with van der Waals surface area (Å²) in [6.07, 6.45) is 3.20. The van der Waals surface area contributed by atoms with Crippen LogP contribution < -0.4 is 0 Å². The Morgan fingerprint density at radius 1 is 1.42 bits per heavy atom. The highest BCUT2D eigenvalue weighted by Crippen LogP contribution is 2.45. The van der Waals surface area contributed by atoms with Crippen molar-refractivity contribution < 1.29 is 17.9 Å². The summed E-state index contributed by atoms with van der Waals surface area (Å²) in [5.74, 6) is -0.567. The molecule has 0 unspecified atom stereocenters. The van der Waals surface area contributed by atoms with E-state index in [-0.39, 0.29) is 15.5 Å².